The maximum Gasteiger partial charge on any atom is 0.260 e. The number of ether oxygens (including phenoxy) is 2. The van der Waals surface area contributed by atoms with E-state index in [2.05, 4.69) is 17.5 Å². The fourth-order valence-corrected chi connectivity index (χ4v) is 4.87. The molecule has 1 unspecified atom stereocenters. The van der Waals surface area contributed by atoms with Crippen LogP contribution in [0.5, 0.6) is 11.5 Å². The van der Waals surface area contributed by atoms with Crippen molar-refractivity contribution in [3.63, 3.8) is 0 Å². The second-order valence-corrected chi connectivity index (χ2v) is 7.80. The van der Waals surface area contributed by atoms with E-state index in [1.54, 1.807) is 18.4 Å². The van der Waals surface area contributed by atoms with E-state index in [0.717, 1.165) is 31.0 Å². The first-order chi connectivity index (χ1) is 11.8. The van der Waals surface area contributed by atoms with E-state index < -0.39 is 0 Å². The van der Waals surface area contributed by atoms with Crippen LogP contribution in [0.3, 0.4) is 0 Å². The Hall–Kier alpha value is -1.66. The number of thiophene rings is 1. The minimum atomic E-state index is 0.0539. The summed E-state index contributed by atoms with van der Waals surface area (Å²) < 4.78 is 10.7. The molecule has 3 rings (SSSR count). The standard InChI is InChI=1S/C18H21NO3S2/c1-21-14-4-6-15(7-5-14)22-13-18(20)19-9-8-17(24-12-10-19)16-3-2-11-23-16/h2-7,11,17H,8-10,12-13H2,1H3. The Morgan fingerprint density at radius 2 is 2.00 bits per heavy atom. The van der Waals surface area contributed by atoms with Crippen LogP contribution in [0.4, 0.5) is 0 Å². The van der Waals surface area contributed by atoms with Crippen LogP contribution in [-0.4, -0.2) is 43.4 Å². The Morgan fingerprint density at radius 3 is 2.71 bits per heavy atom. The van der Waals surface area contributed by atoms with Crippen molar-refractivity contribution >= 4 is 29.0 Å². The summed E-state index contributed by atoms with van der Waals surface area (Å²) in [6, 6.07) is 11.6. The van der Waals surface area contributed by atoms with Gasteiger partial charge in [0.25, 0.3) is 5.91 Å². The van der Waals surface area contributed by atoms with Crippen molar-refractivity contribution in [2.45, 2.75) is 11.7 Å². The lowest BCUT2D eigenvalue weighted by Gasteiger charge is -2.20. The van der Waals surface area contributed by atoms with Crippen molar-refractivity contribution in [3.8, 4) is 11.5 Å². The fourth-order valence-electron chi connectivity index (χ4n) is 2.63. The quantitative estimate of drug-likeness (QED) is 0.809. The zero-order valence-electron chi connectivity index (χ0n) is 13.6. The van der Waals surface area contributed by atoms with Gasteiger partial charge in [-0.1, -0.05) is 6.07 Å². The van der Waals surface area contributed by atoms with E-state index >= 15 is 0 Å². The smallest absolute Gasteiger partial charge is 0.260 e. The average molecular weight is 364 g/mol. The first-order valence-electron chi connectivity index (χ1n) is 7.96. The lowest BCUT2D eigenvalue weighted by atomic mass is 10.2. The van der Waals surface area contributed by atoms with Crippen molar-refractivity contribution in [2.75, 3.05) is 32.6 Å². The minimum absolute atomic E-state index is 0.0539. The summed E-state index contributed by atoms with van der Waals surface area (Å²) in [7, 11) is 1.63. The minimum Gasteiger partial charge on any atom is -0.497 e. The van der Waals surface area contributed by atoms with Crippen LogP contribution in [-0.2, 0) is 4.79 Å². The van der Waals surface area contributed by atoms with Gasteiger partial charge < -0.3 is 14.4 Å². The SMILES string of the molecule is COc1ccc(OCC(=O)N2CCSC(c3cccs3)CC2)cc1. The Kier molecular flexibility index (Phi) is 6.04. The van der Waals surface area contributed by atoms with Crippen LogP contribution in [0.2, 0.25) is 0 Å². The number of thioether (sulfide) groups is 1. The molecular formula is C18H21NO3S2. The molecular weight excluding hydrogens is 342 g/mol. The highest BCUT2D eigenvalue weighted by Crippen LogP contribution is 2.36. The van der Waals surface area contributed by atoms with Gasteiger partial charge in [0, 0.05) is 29.0 Å². The molecule has 1 aromatic heterocycles. The van der Waals surface area contributed by atoms with E-state index in [4.69, 9.17) is 9.47 Å². The Labute approximate surface area is 150 Å². The van der Waals surface area contributed by atoms with E-state index in [1.807, 2.05) is 40.9 Å². The van der Waals surface area contributed by atoms with E-state index in [0.29, 0.717) is 11.0 Å². The van der Waals surface area contributed by atoms with Crippen LogP contribution in [0.15, 0.2) is 41.8 Å². The summed E-state index contributed by atoms with van der Waals surface area (Å²) >= 11 is 3.74. The molecule has 0 aliphatic carbocycles. The number of amides is 1. The number of benzene rings is 1. The number of carbonyl (C=O) groups is 1. The van der Waals surface area contributed by atoms with Crippen molar-refractivity contribution in [2.24, 2.45) is 0 Å². The molecule has 1 aliphatic rings. The average Bonchev–Trinajstić information content (AvgIpc) is 3.04. The number of hydrogen-bond donors (Lipinski definition) is 0. The van der Waals surface area contributed by atoms with Gasteiger partial charge in [0.15, 0.2) is 6.61 Å². The van der Waals surface area contributed by atoms with Gasteiger partial charge >= 0.3 is 0 Å². The molecule has 1 amide bonds. The van der Waals surface area contributed by atoms with Gasteiger partial charge in [0.05, 0.1) is 7.11 Å². The summed E-state index contributed by atoms with van der Waals surface area (Å²) in [6.07, 6.45) is 0.999. The van der Waals surface area contributed by atoms with E-state index in [-0.39, 0.29) is 12.5 Å². The molecule has 0 spiro atoms. The number of methoxy groups -OCH3 is 1. The van der Waals surface area contributed by atoms with Gasteiger partial charge in [-0.25, -0.2) is 0 Å². The van der Waals surface area contributed by atoms with E-state index in [1.165, 1.54) is 4.88 Å². The highest BCUT2D eigenvalue weighted by molar-refractivity contribution is 7.99. The first kappa shape index (κ1) is 17.2. The lowest BCUT2D eigenvalue weighted by molar-refractivity contribution is -0.133. The number of nitrogens with zero attached hydrogens (tertiary/aromatic N) is 1. The van der Waals surface area contributed by atoms with Gasteiger partial charge in [0.1, 0.15) is 11.5 Å². The summed E-state index contributed by atoms with van der Waals surface area (Å²) in [6.45, 7) is 1.67. The second-order valence-electron chi connectivity index (χ2n) is 5.51. The van der Waals surface area contributed by atoms with Crippen LogP contribution in [0, 0.1) is 0 Å². The lowest BCUT2D eigenvalue weighted by Crippen LogP contribution is -2.36. The predicted octanol–water partition coefficient (Wildman–Crippen LogP) is 3.84. The summed E-state index contributed by atoms with van der Waals surface area (Å²) in [5.74, 6) is 2.48. The van der Waals surface area contributed by atoms with Gasteiger partial charge in [-0.3, -0.25) is 4.79 Å². The fraction of sp³-hybridized carbons (Fsp3) is 0.389. The second kappa shape index (κ2) is 8.44. The molecule has 1 atom stereocenters. The Bertz CT molecular complexity index is 643. The molecule has 6 heteroatoms. The van der Waals surface area contributed by atoms with Gasteiger partial charge in [-0.15, -0.1) is 11.3 Å². The molecule has 2 heterocycles. The highest BCUT2D eigenvalue weighted by Gasteiger charge is 2.22. The third kappa shape index (κ3) is 4.45. The van der Waals surface area contributed by atoms with Crippen molar-refractivity contribution in [1.82, 2.24) is 4.90 Å². The highest BCUT2D eigenvalue weighted by atomic mass is 32.2. The molecule has 4 nitrogen and oxygen atoms in total. The molecule has 1 saturated heterocycles. The molecule has 0 saturated carbocycles. The summed E-state index contributed by atoms with van der Waals surface area (Å²) in [4.78, 5) is 15.7. The molecule has 128 valence electrons. The van der Waals surface area contributed by atoms with E-state index in [9.17, 15) is 4.79 Å². The Balaban J connectivity index is 1.49. The van der Waals surface area contributed by atoms with Crippen LogP contribution < -0.4 is 9.47 Å². The summed E-state index contributed by atoms with van der Waals surface area (Å²) in [5, 5.41) is 2.62. The largest absolute Gasteiger partial charge is 0.497 e. The third-order valence-corrected chi connectivity index (χ3v) is 6.42. The van der Waals surface area contributed by atoms with Crippen LogP contribution in [0.1, 0.15) is 16.5 Å². The molecule has 1 aliphatic heterocycles. The molecule has 0 N–H and O–H groups in total. The number of rotatable bonds is 5. The van der Waals surface area contributed by atoms with Crippen molar-refractivity contribution in [1.29, 1.82) is 0 Å². The molecule has 24 heavy (non-hydrogen) atoms. The number of hydrogen-bond acceptors (Lipinski definition) is 5. The maximum absolute atomic E-state index is 12.4. The van der Waals surface area contributed by atoms with Gasteiger partial charge in [0.2, 0.25) is 0 Å². The zero-order chi connectivity index (χ0) is 16.8. The zero-order valence-corrected chi connectivity index (χ0v) is 15.3. The third-order valence-electron chi connectivity index (χ3n) is 3.98. The van der Waals surface area contributed by atoms with Gasteiger partial charge in [-0.2, -0.15) is 11.8 Å². The molecule has 0 radical (unpaired) electrons. The Morgan fingerprint density at radius 1 is 1.21 bits per heavy atom. The number of carbonyl (C=O) groups excluding carboxylic acids is 1. The molecule has 2 aromatic rings. The monoisotopic (exact) mass is 363 g/mol. The van der Waals surface area contributed by atoms with Crippen LogP contribution in [0.25, 0.3) is 0 Å². The normalized spacial score (nSPS) is 18.0. The molecule has 0 bridgehead atoms. The maximum atomic E-state index is 12.4. The predicted molar refractivity (Wildman–Crippen MR) is 99.2 cm³/mol. The topological polar surface area (TPSA) is 38.8 Å². The summed E-state index contributed by atoms with van der Waals surface area (Å²) in [5.41, 5.74) is 0. The molecule has 1 fully saturated rings. The van der Waals surface area contributed by atoms with Crippen molar-refractivity contribution < 1.29 is 14.3 Å². The van der Waals surface area contributed by atoms with Crippen LogP contribution >= 0.6 is 23.1 Å². The first-order valence-corrected chi connectivity index (χ1v) is 9.89. The van der Waals surface area contributed by atoms with Gasteiger partial charge in [-0.05, 0) is 42.1 Å². The molecule has 1 aromatic carbocycles. The van der Waals surface area contributed by atoms with Crippen molar-refractivity contribution in [3.05, 3.63) is 46.7 Å².